The van der Waals surface area contributed by atoms with Gasteiger partial charge in [0, 0.05) is 38.2 Å². The van der Waals surface area contributed by atoms with Crippen molar-refractivity contribution in [1.29, 1.82) is 0 Å². The molecule has 1 aromatic carbocycles. The number of nitrogens with one attached hydrogen (secondary N) is 1. The van der Waals surface area contributed by atoms with Crippen molar-refractivity contribution in [2.24, 2.45) is 0 Å². The molecule has 0 aromatic heterocycles. The number of esters is 1. The van der Waals surface area contributed by atoms with Gasteiger partial charge in [-0.25, -0.2) is 0 Å². The highest BCUT2D eigenvalue weighted by atomic mass is 16.5. The molecule has 1 N–H and O–H groups in total. The largest absolute Gasteiger partial charge is 0.469 e. The fourth-order valence-electron chi connectivity index (χ4n) is 2.93. The number of carbonyl (C=O) groups excluding carboxylic acids is 2. The Morgan fingerprint density at radius 2 is 1.77 bits per heavy atom. The third-order valence-corrected chi connectivity index (χ3v) is 4.55. The number of hydrogen-bond donors (Lipinski definition) is 1. The minimum Gasteiger partial charge on any atom is -0.469 e. The van der Waals surface area contributed by atoms with Crippen LogP contribution in [0.1, 0.15) is 48.0 Å². The SMILES string of the molecule is COC(=O)CCCCCCNC(=O)c1ccc(CN2CCOCC2)cc1. The molecule has 6 nitrogen and oxygen atoms in total. The molecule has 1 saturated heterocycles. The van der Waals surface area contributed by atoms with Crippen molar-refractivity contribution in [2.45, 2.75) is 38.6 Å². The van der Waals surface area contributed by atoms with Gasteiger partial charge in [0.25, 0.3) is 5.91 Å². The molecule has 0 saturated carbocycles. The van der Waals surface area contributed by atoms with E-state index in [1.54, 1.807) is 0 Å². The highest BCUT2D eigenvalue weighted by molar-refractivity contribution is 5.94. The molecule has 0 bridgehead atoms. The molecule has 0 radical (unpaired) electrons. The van der Waals surface area contributed by atoms with Crippen molar-refractivity contribution in [1.82, 2.24) is 10.2 Å². The topological polar surface area (TPSA) is 67.9 Å². The van der Waals surface area contributed by atoms with Crippen LogP contribution in [0.25, 0.3) is 0 Å². The number of amides is 1. The molecular formula is C20H30N2O4. The molecule has 1 fully saturated rings. The number of nitrogens with zero attached hydrogens (tertiary/aromatic N) is 1. The summed E-state index contributed by atoms with van der Waals surface area (Å²) in [6.07, 6.45) is 4.20. The van der Waals surface area contributed by atoms with E-state index < -0.39 is 0 Å². The molecule has 0 spiro atoms. The minimum absolute atomic E-state index is 0.0301. The number of unbranched alkanes of at least 4 members (excludes halogenated alkanes) is 3. The maximum Gasteiger partial charge on any atom is 0.305 e. The van der Waals surface area contributed by atoms with Crippen LogP contribution >= 0.6 is 0 Å². The first kappa shape index (κ1) is 20.4. The second-order valence-corrected chi connectivity index (χ2v) is 6.58. The summed E-state index contributed by atoms with van der Waals surface area (Å²) >= 11 is 0. The number of morpholine rings is 1. The van der Waals surface area contributed by atoms with E-state index >= 15 is 0 Å². The van der Waals surface area contributed by atoms with Gasteiger partial charge in [0.15, 0.2) is 0 Å². The van der Waals surface area contributed by atoms with E-state index in [-0.39, 0.29) is 11.9 Å². The molecule has 1 aliphatic heterocycles. The van der Waals surface area contributed by atoms with Gasteiger partial charge < -0.3 is 14.8 Å². The zero-order valence-corrected chi connectivity index (χ0v) is 15.7. The predicted octanol–water partition coefficient (Wildman–Crippen LogP) is 2.37. The molecular weight excluding hydrogens is 332 g/mol. The van der Waals surface area contributed by atoms with Crippen LogP contribution in [0.5, 0.6) is 0 Å². The maximum absolute atomic E-state index is 12.2. The van der Waals surface area contributed by atoms with Crippen molar-refractivity contribution in [3.8, 4) is 0 Å². The summed E-state index contributed by atoms with van der Waals surface area (Å²) in [5, 5.41) is 2.95. The van der Waals surface area contributed by atoms with Gasteiger partial charge in [-0.1, -0.05) is 25.0 Å². The smallest absolute Gasteiger partial charge is 0.305 e. The number of rotatable bonds is 10. The lowest BCUT2D eigenvalue weighted by Gasteiger charge is -2.26. The number of carbonyl (C=O) groups is 2. The highest BCUT2D eigenvalue weighted by Gasteiger charge is 2.11. The third-order valence-electron chi connectivity index (χ3n) is 4.55. The quantitative estimate of drug-likeness (QED) is 0.511. The summed E-state index contributed by atoms with van der Waals surface area (Å²) in [6, 6.07) is 7.83. The molecule has 0 unspecified atom stereocenters. The Hall–Kier alpha value is -1.92. The van der Waals surface area contributed by atoms with Crippen LogP contribution in [0.15, 0.2) is 24.3 Å². The lowest BCUT2D eigenvalue weighted by Crippen LogP contribution is -2.35. The number of hydrogen-bond acceptors (Lipinski definition) is 5. The summed E-state index contributed by atoms with van der Waals surface area (Å²) in [6.45, 7) is 5.07. The van der Waals surface area contributed by atoms with Crippen LogP contribution in [0.2, 0.25) is 0 Å². The first-order valence-electron chi connectivity index (χ1n) is 9.43. The van der Waals surface area contributed by atoms with Crippen LogP contribution < -0.4 is 5.32 Å². The first-order chi connectivity index (χ1) is 12.7. The normalized spacial score (nSPS) is 14.8. The number of methoxy groups -OCH3 is 1. The van der Waals surface area contributed by atoms with E-state index in [1.807, 2.05) is 24.3 Å². The molecule has 1 amide bonds. The molecule has 26 heavy (non-hydrogen) atoms. The minimum atomic E-state index is -0.157. The van der Waals surface area contributed by atoms with Gasteiger partial charge in [-0.05, 0) is 30.5 Å². The first-order valence-corrected chi connectivity index (χ1v) is 9.43. The third kappa shape index (κ3) is 7.54. The molecule has 144 valence electrons. The van der Waals surface area contributed by atoms with Gasteiger partial charge in [-0.15, -0.1) is 0 Å². The van der Waals surface area contributed by atoms with Gasteiger partial charge in [0.05, 0.1) is 20.3 Å². The molecule has 1 aliphatic rings. The van der Waals surface area contributed by atoms with Gasteiger partial charge >= 0.3 is 5.97 Å². The van der Waals surface area contributed by atoms with Crippen LogP contribution in [0.3, 0.4) is 0 Å². The van der Waals surface area contributed by atoms with E-state index in [1.165, 1.54) is 12.7 Å². The standard InChI is InChI=1S/C20H30N2O4/c1-25-19(23)6-4-2-3-5-11-21-20(24)18-9-7-17(8-10-18)16-22-12-14-26-15-13-22/h7-10H,2-6,11-16H2,1H3,(H,21,24). The fraction of sp³-hybridized carbons (Fsp3) is 0.600. The number of ether oxygens (including phenoxy) is 2. The zero-order chi connectivity index (χ0) is 18.6. The Bertz CT molecular complexity index is 553. The Morgan fingerprint density at radius 1 is 1.08 bits per heavy atom. The molecule has 1 aromatic rings. The summed E-state index contributed by atoms with van der Waals surface area (Å²) in [7, 11) is 1.41. The number of benzene rings is 1. The molecule has 1 heterocycles. The Labute approximate surface area is 155 Å². The zero-order valence-electron chi connectivity index (χ0n) is 15.7. The Kier molecular flexibility index (Phi) is 9.14. The average molecular weight is 362 g/mol. The van der Waals surface area contributed by atoms with Crippen LogP contribution in [0, 0.1) is 0 Å². The molecule has 0 atom stereocenters. The van der Waals surface area contributed by atoms with Crippen molar-refractivity contribution >= 4 is 11.9 Å². The Morgan fingerprint density at radius 3 is 2.46 bits per heavy atom. The van der Waals surface area contributed by atoms with E-state index in [0.717, 1.165) is 58.5 Å². The molecule has 6 heteroatoms. The van der Waals surface area contributed by atoms with Crippen molar-refractivity contribution in [3.63, 3.8) is 0 Å². The van der Waals surface area contributed by atoms with Crippen molar-refractivity contribution < 1.29 is 19.1 Å². The van der Waals surface area contributed by atoms with Crippen molar-refractivity contribution in [2.75, 3.05) is 40.0 Å². The van der Waals surface area contributed by atoms with E-state index in [0.29, 0.717) is 18.5 Å². The Balaban J connectivity index is 1.60. The second kappa shape index (κ2) is 11.6. The van der Waals surface area contributed by atoms with Gasteiger partial charge in [-0.3, -0.25) is 14.5 Å². The van der Waals surface area contributed by atoms with Crippen LogP contribution in [0.4, 0.5) is 0 Å². The highest BCUT2D eigenvalue weighted by Crippen LogP contribution is 2.09. The van der Waals surface area contributed by atoms with E-state index in [2.05, 4.69) is 15.0 Å². The van der Waals surface area contributed by atoms with Crippen molar-refractivity contribution in [3.05, 3.63) is 35.4 Å². The maximum atomic E-state index is 12.2. The predicted molar refractivity (Wildman–Crippen MR) is 100.0 cm³/mol. The summed E-state index contributed by atoms with van der Waals surface area (Å²) in [5.41, 5.74) is 1.91. The summed E-state index contributed by atoms with van der Waals surface area (Å²) < 4.78 is 9.96. The summed E-state index contributed by atoms with van der Waals surface area (Å²) in [5.74, 6) is -0.187. The van der Waals surface area contributed by atoms with Gasteiger partial charge in [0.1, 0.15) is 0 Å². The fourth-order valence-corrected chi connectivity index (χ4v) is 2.93. The van der Waals surface area contributed by atoms with Gasteiger partial charge in [0.2, 0.25) is 0 Å². The summed E-state index contributed by atoms with van der Waals surface area (Å²) in [4.78, 5) is 25.5. The second-order valence-electron chi connectivity index (χ2n) is 6.58. The monoisotopic (exact) mass is 362 g/mol. The lowest BCUT2D eigenvalue weighted by molar-refractivity contribution is -0.140. The average Bonchev–Trinajstić information content (AvgIpc) is 2.68. The van der Waals surface area contributed by atoms with Gasteiger partial charge in [-0.2, -0.15) is 0 Å². The molecule has 2 rings (SSSR count). The van der Waals surface area contributed by atoms with E-state index in [9.17, 15) is 9.59 Å². The van der Waals surface area contributed by atoms with Crippen LogP contribution in [-0.4, -0.2) is 56.7 Å². The lowest BCUT2D eigenvalue weighted by atomic mass is 10.1. The van der Waals surface area contributed by atoms with E-state index in [4.69, 9.17) is 4.74 Å². The van der Waals surface area contributed by atoms with Crippen LogP contribution in [-0.2, 0) is 20.8 Å². The molecule has 0 aliphatic carbocycles.